The van der Waals surface area contributed by atoms with Gasteiger partial charge in [-0.2, -0.15) is 0 Å². The SMILES string of the molecule is CCCc1ccc(C(C)NC(C)c2ccc(F)cc2)cc1. The minimum absolute atomic E-state index is 0.189. The summed E-state index contributed by atoms with van der Waals surface area (Å²) in [5, 5.41) is 3.56. The maximum atomic E-state index is 13.0. The summed E-state index contributed by atoms with van der Waals surface area (Å²) in [6.07, 6.45) is 2.31. The molecule has 2 heteroatoms. The fourth-order valence-corrected chi connectivity index (χ4v) is 2.58. The Morgan fingerprint density at radius 3 is 1.81 bits per heavy atom. The second kappa shape index (κ2) is 7.37. The zero-order valence-electron chi connectivity index (χ0n) is 13.1. The lowest BCUT2D eigenvalue weighted by Gasteiger charge is -2.21. The van der Waals surface area contributed by atoms with E-state index in [4.69, 9.17) is 0 Å². The summed E-state index contributed by atoms with van der Waals surface area (Å²) in [5.41, 5.74) is 3.77. The molecule has 0 bridgehead atoms. The molecule has 0 saturated heterocycles. The van der Waals surface area contributed by atoms with Crippen molar-refractivity contribution in [3.8, 4) is 0 Å². The van der Waals surface area contributed by atoms with Gasteiger partial charge in [0.2, 0.25) is 0 Å². The molecule has 0 aliphatic rings. The van der Waals surface area contributed by atoms with Gasteiger partial charge in [-0.15, -0.1) is 0 Å². The van der Waals surface area contributed by atoms with Gasteiger partial charge in [0.1, 0.15) is 5.82 Å². The van der Waals surface area contributed by atoms with Crippen molar-refractivity contribution < 1.29 is 4.39 Å². The van der Waals surface area contributed by atoms with Crippen LogP contribution in [0, 0.1) is 5.82 Å². The Bertz CT molecular complexity index is 545. The first-order valence-corrected chi connectivity index (χ1v) is 7.70. The van der Waals surface area contributed by atoms with E-state index in [1.54, 1.807) is 0 Å². The van der Waals surface area contributed by atoms with Crippen LogP contribution >= 0.6 is 0 Å². The van der Waals surface area contributed by atoms with Crippen LogP contribution in [0.15, 0.2) is 48.5 Å². The highest BCUT2D eigenvalue weighted by atomic mass is 19.1. The van der Waals surface area contributed by atoms with Crippen LogP contribution in [0.1, 0.15) is 56.0 Å². The Morgan fingerprint density at radius 1 is 0.857 bits per heavy atom. The van der Waals surface area contributed by atoms with Crippen molar-refractivity contribution in [1.29, 1.82) is 0 Å². The Morgan fingerprint density at radius 2 is 1.33 bits per heavy atom. The first kappa shape index (κ1) is 15.7. The van der Waals surface area contributed by atoms with E-state index >= 15 is 0 Å². The van der Waals surface area contributed by atoms with E-state index in [9.17, 15) is 4.39 Å². The van der Waals surface area contributed by atoms with Crippen molar-refractivity contribution >= 4 is 0 Å². The fourth-order valence-electron chi connectivity index (χ4n) is 2.58. The lowest BCUT2D eigenvalue weighted by atomic mass is 10.0. The second-order valence-electron chi connectivity index (χ2n) is 5.65. The van der Waals surface area contributed by atoms with E-state index in [2.05, 4.69) is 50.4 Å². The number of benzene rings is 2. The van der Waals surface area contributed by atoms with Crippen LogP contribution in [-0.4, -0.2) is 0 Å². The van der Waals surface area contributed by atoms with Crippen molar-refractivity contribution in [2.75, 3.05) is 0 Å². The summed E-state index contributed by atoms with van der Waals surface area (Å²) in [7, 11) is 0. The summed E-state index contributed by atoms with van der Waals surface area (Å²) in [6.45, 7) is 6.46. The predicted octanol–water partition coefficient (Wildman–Crippen LogP) is 5.19. The Labute approximate surface area is 127 Å². The lowest BCUT2D eigenvalue weighted by molar-refractivity contribution is 0.494. The van der Waals surface area contributed by atoms with Crippen LogP contribution in [-0.2, 0) is 6.42 Å². The second-order valence-corrected chi connectivity index (χ2v) is 5.65. The third-order valence-electron chi connectivity index (χ3n) is 3.89. The zero-order valence-corrected chi connectivity index (χ0v) is 13.1. The quantitative estimate of drug-likeness (QED) is 0.770. The average Bonchev–Trinajstić information content (AvgIpc) is 2.49. The average molecular weight is 285 g/mol. The predicted molar refractivity (Wildman–Crippen MR) is 86.8 cm³/mol. The van der Waals surface area contributed by atoms with Crippen LogP contribution in [0.2, 0.25) is 0 Å². The Hall–Kier alpha value is -1.67. The van der Waals surface area contributed by atoms with Crippen molar-refractivity contribution in [2.24, 2.45) is 0 Å². The largest absolute Gasteiger partial charge is 0.304 e. The summed E-state index contributed by atoms with van der Waals surface area (Å²) in [6, 6.07) is 16.0. The van der Waals surface area contributed by atoms with Crippen LogP contribution in [0.4, 0.5) is 4.39 Å². The number of nitrogens with one attached hydrogen (secondary N) is 1. The molecule has 0 saturated carbocycles. The third kappa shape index (κ3) is 4.40. The van der Waals surface area contributed by atoms with Gasteiger partial charge >= 0.3 is 0 Å². The van der Waals surface area contributed by atoms with Crippen LogP contribution in [0.25, 0.3) is 0 Å². The summed E-state index contributed by atoms with van der Waals surface area (Å²) in [4.78, 5) is 0. The molecule has 0 aliphatic carbocycles. The molecule has 2 aromatic carbocycles. The number of rotatable bonds is 6. The number of halogens is 1. The summed E-state index contributed by atoms with van der Waals surface area (Å²) in [5.74, 6) is -0.189. The smallest absolute Gasteiger partial charge is 0.123 e. The number of hydrogen-bond donors (Lipinski definition) is 1. The van der Waals surface area contributed by atoms with Crippen molar-refractivity contribution in [1.82, 2.24) is 5.32 Å². The molecule has 1 nitrogen and oxygen atoms in total. The summed E-state index contributed by atoms with van der Waals surface area (Å²) >= 11 is 0. The molecule has 0 heterocycles. The van der Waals surface area contributed by atoms with E-state index in [0.29, 0.717) is 0 Å². The van der Waals surface area contributed by atoms with Crippen LogP contribution in [0.5, 0.6) is 0 Å². The first-order valence-electron chi connectivity index (χ1n) is 7.70. The molecule has 2 aromatic rings. The topological polar surface area (TPSA) is 12.0 Å². The fraction of sp³-hybridized carbons (Fsp3) is 0.368. The van der Waals surface area contributed by atoms with Crippen molar-refractivity contribution in [3.63, 3.8) is 0 Å². The van der Waals surface area contributed by atoms with E-state index in [1.165, 1.54) is 29.7 Å². The maximum Gasteiger partial charge on any atom is 0.123 e. The van der Waals surface area contributed by atoms with Gasteiger partial charge in [0.15, 0.2) is 0 Å². The highest BCUT2D eigenvalue weighted by Crippen LogP contribution is 2.20. The number of aryl methyl sites for hydroxylation is 1. The number of hydrogen-bond acceptors (Lipinski definition) is 1. The molecular weight excluding hydrogens is 261 g/mol. The molecule has 1 N–H and O–H groups in total. The van der Waals surface area contributed by atoms with Gasteiger partial charge < -0.3 is 5.32 Å². The standard InChI is InChI=1S/C19H24FN/c1-4-5-16-6-8-17(9-7-16)14(2)21-15(3)18-10-12-19(20)13-11-18/h6-15,21H,4-5H2,1-3H3. The normalized spacial score (nSPS) is 13.9. The molecule has 0 fully saturated rings. The molecule has 0 radical (unpaired) electrons. The monoisotopic (exact) mass is 285 g/mol. The van der Waals surface area contributed by atoms with Crippen molar-refractivity contribution in [2.45, 2.75) is 45.7 Å². The van der Waals surface area contributed by atoms with Gasteiger partial charge in [0, 0.05) is 12.1 Å². The highest BCUT2D eigenvalue weighted by Gasteiger charge is 2.11. The summed E-state index contributed by atoms with van der Waals surface area (Å²) < 4.78 is 13.0. The molecule has 0 amide bonds. The molecule has 0 aromatic heterocycles. The van der Waals surface area contributed by atoms with E-state index in [1.807, 2.05) is 12.1 Å². The lowest BCUT2D eigenvalue weighted by Crippen LogP contribution is -2.22. The van der Waals surface area contributed by atoms with E-state index < -0.39 is 0 Å². The molecular formula is C19H24FN. The van der Waals surface area contributed by atoms with Crippen LogP contribution < -0.4 is 5.32 Å². The molecule has 2 atom stereocenters. The molecule has 2 rings (SSSR count). The van der Waals surface area contributed by atoms with Gasteiger partial charge in [-0.1, -0.05) is 49.7 Å². The van der Waals surface area contributed by atoms with Gasteiger partial charge in [-0.05, 0) is 49.1 Å². The van der Waals surface area contributed by atoms with Crippen molar-refractivity contribution in [3.05, 3.63) is 71.0 Å². The third-order valence-corrected chi connectivity index (χ3v) is 3.89. The van der Waals surface area contributed by atoms with E-state index in [-0.39, 0.29) is 17.9 Å². The Kier molecular flexibility index (Phi) is 5.51. The molecule has 21 heavy (non-hydrogen) atoms. The minimum Gasteiger partial charge on any atom is -0.304 e. The van der Waals surface area contributed by atoms with Gasteiger partial charge in [0.25, 0.3) is 0 Å². The molecule has 0 spiro atoms. The van der Waals surface area contributed by atoms with Gasteiger partial charge in [0.05, 0.1) is 0 Å². The first-order chi connectivity index (χ1) is 10.1. The molecule has 2 unspecified atom stereocenters. The maximum absolute atomic E-state index is 13.0. The Balaban J connectivity index is 1.99. The molecule has 0 aliphatic heterocycles. The molecule has 112 valence electrons. The van der Waals surface area contributed by atoms with E-state index in [0.717, 1.165) is 12.0 Å². The minimum atomic E-state index is -0.189. The highest BCUT2D eigenvalue weighted by molar-refractivity contribution is 5.26. The zero-order chi connectivity index (χ0) is 15.2. The van der Waals surface area contributed by atoms with Gasteiger partial charge in [-0.3, -0.25) is 0 Å². The van der Waals surface area contributed by atoms with Gasteiger partial charge in [-0.25, -0.2) is 4.39 Å². The van der Waals surface area contributed by atoms with Crippen LogP contribution in [0.3, 0.4) is 0 Å².